The van der Waals surface area contributed by atoms with Crippen molar-refractivity contribution in [3.63, 3.8) is 0 Å². The number of aliphatic hydroxyl groups is 1. The summed E-state index contributed by atoms with van der Waals surface area (Å²) in [4.78, 5) is 0. The predicted octanol–water partition coefficient (Wildman–Crippen LogP) is 0.538. The molecular weight excluding hydrogens is 248 g/mol. The molecule has 0 aliphatic carbocycles. The van der Waals surface area contributed by atoms with Crippen molar-refractivity contribution >= 4 is 0 Å². The first-order valence-electron chi connectivity index (χ1n) is 6.13. The van der Waals surface area contributed by atoms with Crippen LogP contribution in [0.4, 0.5) is 0 Å². The largest absolute Gasteiger partial charge is 0.459 e. The first kappa shape index (κ1) is 12.1. The van der Waals surface area contributed by atoms with Crippen LogP contribution >= 0.6 is 0 Å². The van der Waals surface area contributed by atoms with Crippen LogP contribution in [-0.4, -0.2) is 44.3 Å². The van der Waals surface area contributed by atoms with E-state index in [9.17, 15) is 5.11 Å². The highest BCUT2D eigenvalue weighted by Crippen LogP contribution is 2.19. The van der Waals surface area contributed by atoms with E-state index >= 15 is 0 Å². The van der Waals surface area contributed by atoms with Crippen LogP contribution in [0.25, 0.3) is 5.69 Å². The van der Waals surface area contributed by atoms with Crippen molar-refractivity contribution in [3.8, 4) is 11.7 Å². The van der Waals surface area contributed by atoms with E-state index in [0.717, 1.165) is 5.69 Å². The zero-order valence-corrected chi connectivity index (χ0v) is 10.2. The van der Waals surface area contributed by atoms with Crippen LogP contribution < -0.4 is 4.74 Å². The summed E-state index contributed by atoms with van der Waals surface area (Å²) in [6, 6.07) is 9.83. The van der Waals surface area contributed by atoms with Gasteiger partial charge >= 0.3 is 6.01 Å². The highest BCUT2D eigenvalue weighted by atomic mass is 16.6. The fourth-order valence-corrected chi connectivity index (χ4v) is 1.99. The first-order valence-corrected chi connectivity index (χ1v) is 6.13. The number of hydrogen-bond donors (Lipinski definition) is 1. The number of ether oxygens (including phenoxy) is 2. The Balaban J connectivity index is 1.77. The third kappa shape index (κ3) is 2.72. The second kappa shape index (κ2) is 5.33. The molecule has 7 nitrogen and oxygen atoms in total. The molecule has 1 N–H and O–H groups in total. The van der Waals surface area contributed by atoms with Gasteiger partial charge in [0.2, 0.25) is 0 Å². The Morgan fingerprint density at radius 1 is 1.32 bits per heavy atom. The Labute approximate surface area is 109 Å². The molecule has 0 amide bonds. The van der Waals surface area contributed by atoms with E-state index in [1.165, 1.54) is 4.68 Å². The van der Waals surface area contributed by atoms with Gasteiger partial charge in [-0.1, -0.05) is 23.3 Å². The number of rotatable bonds is 3. The van der Waals surface area contributed by atoms with E-state index in [1.54, 1.807) is 0 Å². The number of benzene rings is 1. The quantitative estimate of drug-likeness (QED) is 0.869. The fraction of sp³-hybridized carbons (Fsp3) is 0.417. The van der Waals surface area contributed by atoms with Crippen LogP contribution in [0.2, 0.25) is 0 Å². The smallest absolute Gasteiger partial charge is 0.340 e. The first-order chi connectivity index (χ1) is 9.33. The third-order valence-electron chi connectivity index (χ3n) is 2.93. The topological polar surface area (TPSA) is 82.3 Å². The third-order valence-corrected chi connectivity index (χ3v) is 2.93. The predicted molar refractivity (Wildman–Crippen MR) is 64.8 cm³/mol. The zero-order chi connectivity index (χ0) is 13.1. The number of para-hydroxylation sites is 1. The Morgan fingerprint density at radius 2 is 2.16 bits per heavy atom. The molecule has 3 rings (SSSR count). The lowest BCUT2D eigenvalue weighted by molar-refractivity contribution is -0.149. The van der Waals surface area contributed by atoms with Gasteiger partial charge < -0.3 is 14.6 Å². The average molecular weight is 262 g/mol. The molecule has 0 bridgehead atoms. The van der Waals surface area contributed by atoms with Crippen LogP contribution in [0, 0.1) is 0 Å². The highest BCUT2D eigenvalue weighted by molar-refractivity contribution is 5.31. The van der Waals surface area contributed by atoms with Crippen LogP contribution in [0.15, 0.2) is 30.3 Å². The minimum atomic E-state index is -0.778. The summed E-state index contributed by atoms with van der Waals surface area (Å²) in [7, 11) is 0. The second-order valence-corrected chi connectivity index (χ2v) is 4.30. The lowest BCUT2D eigenvalue weighted by Crippen LogP contribution is -2.33. The van der Waals surface area contributed by atoms with Gasteiger partial charge in [-0.15, -0.1) is 0 Å². The molecule has 2 heterocycles. The minimum Gasteiger partial charge on any atom is -0.459 e. The molecule has 1 aliphatic heterocycles. The molecule has 0 saturated carbocycles. The fourth-order valence-electron chi connectivity index (χ4n) is 1.99. The summed E-state index contributed by atoms with van der Waals surface area (Å²) < 4.78 is 12.3. The molecule has 2 unspecified atom stereocenters. The standard InChI is InChI=1S/C12H14N4O3/c17-11-8-10(6-7-18-11)19-12-13-14-15-16(12)9-4-2-1-3-5-9/h1-5,10-11,17H,6-8H2. The van der Waals surface area contributed by atoms with Gasteiger partial charge in [-0.2, -0.15) is 4.68 Å². The highest BCUT2D eigenvalue weighted by Gasteiger charge is 2.24. The van der Waals surface area contributed by atoms with E-state index in [4.69, 9.17) is 9.47 Å². The van der Waals surface area contributed by atoms with Gasteiger partial charge in [0.1, 0.15) is 6.10 Å². The lowest BCUT2D eigenvalue weighted by Gasteiger charge is -2.25. The molecule has 1 aromatic carbocycles. The van der Waals surface area contributed by atoms with Crippen molar-refractivity contribution in [1.82, 2.24) is 20.2 Å². The molecule has 0 spiro atoms. The van der Waals surface area contributed by atoms with E-state index in [1.807, 2.05) is 30.3 Å². The maximum Gasteiger partial charge on any atom is 0.340 e. The normalized spacial score (nSPS) is 23.2. The van der Waals surface area contributed by atoms with Crippen LogP contribution in [-0.2, 0) is 4.74 Å². The number of nitrogens with zero attached hydrogens (tertiary/aromatic N) is 4. The van der Waals surface area contributed by atoms with Gasteiger partial charge in [0, 0.05) is 12.8 Å². The van der Waals surface area contributed by atoms with Crippen molar-refractivity contribution in [2.45, 2.75) is 25.2 Å². The summed E-state index contributed by atoms with van der Waals surface area (Å²) >= 11 is 0. The number of hydrogen-bond acceptors (Lipinski definition) is 6. The second-order valence-electron chi connectivity index (χ2n) is 4.30. The number of aromatic nitrogens is 4. The van der Waals surface area contributed by atoms with Crippen LogP contribution in [0.3, 0.4) is 0 Å². The van der Waals surface area contributed by atoms with E-state index in [0.29, 0.717) is 25.5 Å². The van der Waals surface area contributed by atoms with E-state index < -0.39 is 6.29 Å². The lowest BCUT2D eigenvalue weighted by atomic mass is 10.1. The molecule has 19 heavy (non-hydrogen) atoms. The van der Waals surface area contributed by atoms with Crippen LogP contribution in [0.5, 0.6) is 6.01 Å². The summed E-state index contributed by atoms with van der Waals surface area (Å²) in [6.07, 6.45) is 0.206. The SMILES string of the molecule is OC1CC(Oc2nnnn2-c2ccccc2)CCO1. The molecule has 1 aromatic heterocycles. The summed E-state index contributed by atoms with van der Waals surface area (Å²) in [5.41, 5.74) is 0.829. The van der Waals surface area contributed by atoms with Crippen molar-refractivity contribution in [3.05, 3.63) is 30.3 Å². The Bertz CT molecular complexity index is 531. The molecular formula is C12H14N4O3. The molecule has 7 heteroatoms. The summed E-state index contributed by atoms with van der Waals surface area (Å²) in [5, 5.41) is 20.8. The molecule has 1 saturated heterocycles. The molecule has 2 aromatic rings. The van der Waals surface area contributed by atoms with Gasteiger partial charge in [0.25, 0.3) is 0 Å². The molecule has 1 aliphatic rings. The Hall–Kier alpha value is -1.99. The zero-order valence-electron chi connectivity index (χ0n) is 10.2. The van der Waals surface area contributed by atoms with Gasteiger partial charge in [-0.25, -0.2) is 0 Å². The van der Waals surface area contributed by atoms with Gasteiger partial charge in [0.05, 0.1) is 12.3 Å². The van der Waals surface area contributed by atoms with E-state index in [2.05, 4.69) is 15.5 Å². The summed E-state index contributed by atoms with van der Waals surface area (Å²) in [5.74, 6) is 0. The summed E-state index contributed by atoms with van der Waals surface area (Å²) in [6.45, 7) is 0.471. The number of tetrazole rings is 1. The minimum absolute atomic E-state index is 0.141. The maximum absolute atomic E-state index is 9.43. The maximum atomic E-state index is 9.43. The van der Waals surface area contributed by atoms with Crippen LogP contribution in [0.1, 0.15) is 12.8 Å². The molecule has 1 fully saturated rings. The average Bonchev–Trinajstić information content (AvgIpc) is 2.88. The van der Waals surface area contributed by atoms with E-state index in [-0.39, 0.29) is 6.10 Å². The van der Waals surface area contributed by atoms with Gasteiger partial charge in [0.15, 0.2) is 6.29 Å². The Kier molecular flexibility index (Phi) is 3.39. The Morgan fingerprint density at radius 3 is 2.95 bits per heavy atom. The number of aliphatic hydroxyl groups excluding tert-OH is 1. The van der Waals surface area contributed by atoms with Gasteiger partial charge in [-0.05, 0) is 22.6 Å². The molecule has 2 atom stereocenters. The van der Waals surface area contributed by atoms with Crippen molar-refractivity contribution in [2.75, 3.05) is 6.61 Å². The molecule has 100 valence electrons. The van der Waals surface area contributed by atoms with Crippen molar-refractivity contribution in [1.29, 1.82) is 0 Å². The van der Waals surface area contributed by atoms with Crippen molar-refractivity contribution < 1.29 is 14.6 Å². The van der Waals surface area contributed by atoms with Gasteiger partial charge in [-0.3, -0.25) is 0 Å². The van der Waals surface area contributed by atoms with Crippen molar-refractivity contribution in [2.24, 2.45) is 0 Å². The molecule has 0 radical (unpaired) electrons. The monoisotopic (exact) mass is 262 g/mol.